The first kappa shape index (κ1) is 15.2. The molecule has 2 amide bonds. The topological polar surface area (TPSA) is 118 Å². The average molecular weight is 297 g/mol. The lowest BCUT2D eigenvalue weighted by atomic mass is 10.0. The summed E-state index contributed by atoms with van der Waals surface area (Å²) in [4.78, 5) is 22.2. The van der Waals surface area contributed by atoms with Crippen molar-refractivity contribution in [3.63, 3.8) is 0 Å². The van der Waals surface area contributed by atoms with E-state index in [4.69, 9.17) is 9.84 Å². The first-order valence-electron chi connectivity index (χ1n) is 6.73. The number of nitrogens with one attached hydrogen (secondary N) is 2. The fourth-order valence-electron chi connectivity index (χ4n) is 2.11. The standard InChI is InChI=1S/C12H19N5O4/c1-12(3-2-4-21-12)8-14-11(20)13-5-9-6-17(16-15-9)7-10(18)19/h6H,2-5,7-8H2,1H3,(H,18,19)(H2,13,14,20). The average Bonchev–Trinajstić information content (AvgIpc) is 3.03. The van der Waals surface area contributed by atoms with Crippen molar-refractivity contribution >= 4 is 12.0 Å². The quantitative estimate of drug-likeness (QED) is 0.665. The normalized spacial score (nSPS) is 21.2. The molecule has 0 aliphatic carbocycles. The van der Waals surface area contributed by atoms with E-state index in [1.54, 1.807) is 0 Å². The molecule has 2 heterocycles. The number of amides is 2. The number of carboxylic acid groups (broad SMARTS) is 1. The Labute approximate surface area is 121 Å². The zero-order chi connectivity index (χ0) is 15.3. The van der Waals surface area contributed by atoms with Gasteiger partial charge in [-0.05, 0) is 19.8 Å². The second kappa shape index (κ2) is 6.53. The third-order valence-corrected chi connectivity index (χ3v) is 3.24. The molecule has 0 aromatic carbocycles. The maximum Gasteiger partial charge on any atom is 0.325 e. The number of aromatic nitrogens is 3. The highest BCUT2D eigenvalue weighted by atomic mass is 16.5. The van der Waals surface area contributed by atoms with Crippen LogP contribution in [0.25, 0.3) is 0 Å². The summed E-state index contributed by atoms with van der Waals surface area (Å²) in [7, 11) is 0. The molecule has 0 saturated carbocycles. The summed E-state index contributed by atoms with van der Waals surface area (Å²) >= 11 is 0. The number of ether oxygens (including phenoxy) is 1. The van der Waals surface area contributed by atoms with Crippen molar-refractivity contribution in [2.24, 2.45) is 0 Å². The number of aliphatic carboxylic acids is 1. The molecule has 9 nitrogen and oxygen atoms in total. The molecule has 0 radical (unpaired) electrons. The first-order chi connectivity index (χ1) is 9.97. The van der Waals surface area contributed by atoms with E-state index in [0.717, 1.165) is 19.4 Å². The van der Waals surface area contributed by atoms with Gasteiger partial charge in [0.05, 0.1) is 18.3 Å². The molecule has 1 unspecified atom stereocenters. The molecule has 116 valence electrons. The molecule has 1 aromatic rings. The largest absolute Gasteiger partial charge is 0.480 e. The molecule has 3 N–H and O–H groups in total. The van der Waals surface area contributed by atoms with E-state index >= 15 is 0 Å². The van der Waals surface area contributed by atoms with Gasteiger partial charge in [0.15, 0.2) is 0 Å². The molecule has 1 saturated heterocycles. The van der Waals surface area contributed by atoms with Crippen molar-refractivity contribution in [3.8, 4) is 0 Å². The number of carbonyl (C=O) groups excluding carboxylic acids is 1. The molecule has 21 heavy (non-hydrogen) atoms. The molecule has 0 bridgehead atoms. The third kappa shape index (κ3) is 4.71. The number of rotatable bonds is 6. The summed E-state index contributed by atoms with van der Waals surface area (Å²) < 4.78 is 6.77. The molecule has 2 rings (SSSR count). The van der Waals surface area contributed by atoms with Gasteiger partial charge < -0.3 is 20.5 Å². The molecular formula is C12H19N5O4. The maximum atomic E-state index is 11.7. The highest BCUT2D eigenvalue weighted by Gasteiger charge is 2.29. The third-order valence-electron chi connectivity index (χ3n) is 3.24. The second-order valence-electron chi connectivity index (χ2n) is 5.24. The van der Waals surface area contributed by atoms with Gasteiger partial charge in [0, 0.05) is 13.2 Å². The predicted octanol–water partition coefficient (Wildman–Crippen LogP) is -0.269. The van der Waals surface area contributed by atoms with Gasteiger partial charge in [-0.2, -0.15) is 0 Å². The van der Waals surface area contributed by atoms with Gasteiger partial charge in [0.1, 0.15) is 12.2 Å². The van der Waals surface area contributed by atoms with Crippen LogP contribution in [0.1, 0.15) is 25.5 Å². The fourth-order valence-corrected chi connectivity index (χ4v) is 2.11. The van der Waals surface area contributed by atoms with Gasteiger partial charge in [-0.3, -0.25) is 4.79 Å². The van der Waals surface area contributed by atoms with Crippen LogP contribution in [-0.4, -0.2) is 50.9 Å². The van der Waals surface area contributed by atoms with Gasteiger partial charge in [-0.1, -0.05) is 5.21 Å². The van der Waals surface area contributed by atoms with Crippen molar-refractivity contribution in [2.45, 2.75) is 38.5 Å². The van der Waals surface area contributed by atoms with E-state index in [9.17, 15) is 9.59 Å². The number of nitrogens with zero attached hydrogens (tertiary/aromatic N) is 3. The predicted molar refractivity (Wildman–Crippen MR) is 71.5 cm³/mol. The van der Waals surface area contributed by atoms with Crippen LogP contribution in [0.5, 0.6) is 0 Å². The van der Waals surface area contributed by atoms with Crippen molar-refractivity contribution in [1.29, 1.82) is 0 Å². The number of hydrogen-bond acceptors (Lipinski definition) is 5. The summed E-state index contributed by atoms with van der Waals surface area (Å²) in [6.07, 6.45) is 3.42. The Morgan fingerprint density at radius 2 is 2.33 bits per heavy atom. The van der Waals surface area contributed by atoms with Gasteiger partial charge in [0.2, 0.25) is 0 Å². The molecule has 1 aliphatic rings. The lowest BCUT2D eigenvalue weighted by Gasteiger charge is -2.23. The minimum Gasteiger partial charge on any atom is -0.480 e. The van der Waals surface area contributed by atoms with E-state index in [1.165, 1.54) is 10.9 Å². The Bertz CT molecular complexity index is 510. The van der Waals surface area contributed by atoms with Gasteiger partial charge >= 0.3 is 12.0 Å². The Hall–Kier alpha value is -2.16. The summed E-state index contributed by atoms with van der Waals surface area (Å²) in [5, 5.41) is 21.4. The Balaban J connectivity index is 1.71. The minimum absolute atomic E-state index is 0.184. The number of hydrogen-bond donors (Lipinski definition) is 3. The Morgan fingerprint density at radius 1 is 1.52 bits per heavy atom. The van der Waals surface area contributed by atoms with E-state index in [2.05, 4.69) is 20.9 Å². The Morgan fingerprint density at radius 3 is 3.00 bits per heavy atom. The lowest BCUT2D eigenvalue weighted by Crippen LogP contribution is -2.44. The highest BCUT2D eigenvalue weighted by Crippen LogP contribution is 2.23. The monoisotopic (exact) mass is 297 g/mol. The van der Waals surface area contributed by atoms with Gasteiger partial charge in [-0.25, -0.2) is 9.48 Å². The van der Waals surface area contributed by atoms with Crippen molar-refractivity contribution < 1.29 is 19.4 Å². The molecular weight excluding hydrogens is 278 g/mol. The molecule has 1 aliphatic heterocycles. The van der Waals surface area contributed by atoms with Crippen LogP contribution in [0.4, 0.5) is 4.79 Å². The van der Waals surface area contributed by atoms with Crippen LogP contribution in [-0.2, 0) is 22.6 Å². The lowest BCUT2D eigenvalue weighted by molar-refractivity contribution is -0.137. The van der Waals surface area contributed by atoms with Crippen molar-refractivity contribution in [1.82, 2.24) is 25.6 Å². The van der Waals surface area contributed by atoms with E-state index in [0.29, 0.717) is 12.2 Å². The fraction of sp³-hybridized carbons (Fsp3) is 0.667. The minimum atomic E-state index is -0.998. The van der Waals surface area contributed by atoms with E-state index < -0.39 is 5.97 Å². The SMILES string of the molecule is CC1(CNC(=O)NCc2cn(CC(=O)O)nn2)CCCO1. The highest BCUT2D eigenvalue weighted by molar-refractivity contribution is 5.73. The maximum absolute atomic E-state index is 11.7. The molecule has 1 atom stereocenters. The first-order valence-corrected chi connectivity index (χ1v) is 6.73. The molecule has 0 spiro atoms. The Kier molecular flexibility index (Phi) is 4.73. The van der Waals surface area contributed by atoms with Crippen LogP contribution in [0.2, 0.25) is 0 Å². The summed E-state index contributed by atoms with van der Waals surface area (Å²) in [6.45, 7) is 3.08. The molecule has 1 aromatic heterocycles. The summed E-state index contributed by atoms with van der Waals surface area (Å²) in [5.41, 5.74) is 0.205. The van der Waals surface area contributed by atoms with Crippen LogP contribution >= 0.6 is 0 Å². The molecule has 1 fully saturated rings. The van der Waals surface area contributed by atoms with Crippen LogP contribution < -0.4 is 10.6 Å². The number of carboxylic acids is 1. The number of urea groups is 1. The van der Waals surface area contributed by atoms with Crippen molar-refractivity contribution in [2.75, 3.05) is 13.2 Å². The zero-order valence-corrected chi connectivity index (χ0v) is 11.8. The zero-order valence-electron chi connectivity index (χ0n) is 11.8. The summed E-state index contributed by atoms with van der Waals surface area (Å²) in [6, 6.07) is -0.320. The summed E-state index contributed by atoms with van der Waals surface area (Å²) in [5.74, 6) is -0.998. The second-order valence-corrected chi connectivity index (χ2v) is 5.24. The van der Waals surface area contributed by atoms with Crippen LogP contribution in [0.3, 0.4) is 0 Å². The van der Waals surface area contributed by atoms with Gasteiger partial charge in [-0.15, -0.1) is 5.10 Å². The molecule has 9 heteroatoms. The van der Waals surface area contributed by atoms with Crippen LogP contribution in [0, 0.1) is 0 Å². The smallest absolute Gasteiger partial charge is 0.325 e. The van der Waals surface area contributed by atoms with E-state index in [1.807, 2.05) is 6.92 Å². The van der Waals surface area contributed by atoms with Gasteiger partial charge in [0.25, 0.3) is 0 Å². The van der Waals surface area contributed by atoms with Crippen molar-refractivity contribution in [3.05, 3.63) is 11.9 Å². The van der Waals surface area contributed by atoms with Crippen LogP contribution in [0.15, 0.2) is 6.20 Å². The van der Waals surface area contributed by atoms with E-state index in [-0.39, 0.29) is 24.7 Å². The number of carbonyl (C=O) groups is 2.